The summed E-state index contributed by atoms with van der Waals surface area (Å²) in [5, 5.41) is 8.89. The summed E-state index contributed by atoms with van der Waals surface area (Å²) in [4.78, 5) is 10.8. The number of carbonyl (C=O) groups is 1. The summed E-state index contributed by atoms with van der Waals surface area (Å²) in [6.07, 6.45) is -0.0629. The van der Waals surface area contributed by atoms with Crippen LogP contribution in [0.5, 0.6) is 17.2 Å². The number of hydrogen-bond acceptors (Lipinski definition) is 3. The van der Waals surface area contributed by atoms with Gasteiger partial charge in [-0.05, 0) is 53.1 Å². The second-order valence-electron chi connectivity index (χ2n) is 5.70. The Labute approximate surface area is 150 Å². The fourth-order valence-electron chi connectivity index (χ4n) is 2.61. The lowest BCUT2D eigenvalue weighted by atomic mass is 10.1. The first-order valence-corrected chi connectivity index (χ1v) is 7.98. The van der Waals surface area contributed by atoms with Gasteiger partial charge in [0.1, 0.15) is 11.5 Å². The molecule has 4 nitrogen and oxygen atoms in total. The van der Waals surface area contributed by atoms with Crippen molar-refractivity contribution in [2.75, 3.05) is 7.11 Å². The second kappa shape index (κ2) is 7.70. The highest BCUT2D eigenvalue weighted by atomic mass is 19.1. The Hall–Kier alpha value is -3.34. The van der Waals surface area contributed by atoms with Gasteiger partial charge >= 0.3 is 5.97 Å². The van der Waals surface area contributed by atoms with Crippen LogP contribution in [0.3, 0.4) is 0 Å². The van der Waals surface area contributed by atoms with E-state index in [9.17, 15) is 9.18 Å². The van der Waals surface area contributed by atoms with Crippen LogP contribution >= 0.6 is 0 Å². The third-order valence-corrected chi connectivity index (χ3v) is 3.81. The smallest absolute Gasteiger partial charge is 0.307 e. The highest BCUT2D eigenvalue weighted by molar-refractivity contribution is 5.70. The van der Waals surface area contributed by atoms with Gasteiger partial charge in [0.05, 0.1) is 13.5 Å². The van der Waals surface area contributed by atoms with Crippen LogP contribution in [-0.2, 0) is 11.2 Å². The van der Waals surface area contributed by atoms with Crippen molar-refractivity contribution in [2.45, 2.75) is 6.42 Å². The van der Waals surface area contributed by atoms with E-state index in [2.05, 4.69) is 0 Å². The van der Waals surface area contributed by atoms with Crippen molar-refractivity contribution in [1.82, 2.24) is 0 Å². The Bertz CT molecular complexity index is 937. The minimum absolute atomic E-state index is 0.0629. The zero-order chi connectivity index (χ0) is 18.5. The van der Waals surface area contributed by atoms with Crippen LogP contribution in [0.15, 0.2) is 66.7 Å². The molecule has 0 aliphatic rings. The quantitative estimate of drug-likeness (QED) is 0.684. The third-order valence-electron chi connectivity index (χ3n) is 3.81. The van der Waals surface area contributed by atoms with Crippen molar-refractivity contribution >= 4 is 5.97 Å². The summed E-state index contributed by atoms with van der Waals surface area (Å²) in [7, 11) is 1.42. The molecule has 0 heterocycles. The Kier molecular flexibility index (Phi) is 5.17. The largest absolute Gasteiger partial charge is 0.494 e. The van der Waals surface area contributed by atoms with E-state index in [0.717, 1.165) is 11.1 Å². The van der Waals surface area contributed by atoms with Gasteiger partial charge in [0.2, 0.25) is 0 Å². The lowest BCUT2D eigenvalue weighted by molar-refractivity contribution is -0.136. The first kappa shape index (κ1) is 17.5. The zero-order valence-corrected chi connectivity index (χ0v) is 14.1. The lowest BCUT2D eigenvalue weighted by Gasteiger charge is -2.10. The lowest BCUT2D eigenvalue weighted by Crippen LogP contribution is -1.99. The normalized spacial score (nSPS) is 10.4. The number of halogens is 1. The van der Waals surface area contributed by atoms with Gasteiger partial charge < -0.3 is 14.6 Å². The summed E-state index contributed by atoms with van der Waals surface area (Å²) < 4.78 is 24.5. The van der Waals surface area contributed by atoms with Gasteiger partial charge in [0.15, 0.2) is 11.6 Å². The van der Waals surface area contributed by atoms with E-state index in [1.807, 2.05) is 18.2 Å². The minimum Gasteiger partial charge on any atom is -0.494 e. The molecule has 0 aromatic heterocycles. The molecule has 132 valence electrons. The van der Waals surface area contributed by atoms with E-state index in [1.54, 1.807) is 42.5 Å². The highest BCUT2D eigenvalue weighted by Gasteiger charge is 2.07. The van der Waals surface area contributed by atoms with Crippen LogP contribution in [-0.4, -0.2) is 18.2 Å². The first-order chi connectivity index (χ1) is 12.5. The van der Waals surface area contributed by atoms with Crippen molar-refractivity contribution in [3.8, 4) is 28.4 Å². The van der Waals surface area contributed by atoms with Gasteiger partial charge in [0, 0.05) is 0 Å². The molecular formula is C21H17FO4. The van der Waals surface area contributed by atoms with E-state index in [-0.39, 0.29) is 12.2 Å². The van der Waals surface area contributed by atoms with Crippen molar-refractivity contribution in [3.63, 3.8) is 0 Å². The maximum absolute atomic E-state index is 13.6. The maximum Gasteiger partial charge on any atom is 0.307 e. The van der Waals surface area contributed by atoms with Gasteiger partial charge in [-0.2, -0.15) is 0 Å². The average Bonchev–Trinajstić information content (AvgIpc) is 2.62. The SMILES string of the molecule is COc1cc(-c2cccc(Oc3cccc(CC(=O)O)c3)c2)ccc1F. The first-order valence-electron chi connectivity index (χ1n) is 7.98. The summed E-state index contributed by atoms with van der Waals surface area (Å²) in [5.41, 5.74) is 2.31. The minimum atomic E-state index is -0.894. The predicted octanol–water partition coefficient (Wildman–Crippen LogP) is 4.92. The van der Waals surface area contributed by atoms with Crippen molar-refractivity contribution in [1.29, 1.82) is 0 Å². The molecule has 0 unspecified atom stereocenters. The molecule has 0 spiro atoms. The fourth-order valence-corrected chi connectivity index (χ4v) is 2.61. The van der Waals surface area contributed by atoms with Crippen LogP contribution in [0.1, 0.15) is 5.56 Å². The summed E-state index contributed by atoms with van der Waals surface area (Å²) >= 11 is 0. The standard InChI is InChI=1S/C21H17FO4/c1-25-20-13-16(8-9-19(20)22)15-5-3-7-18(12-15)26-17-6-2-4-14(10-17)11-21(23)24/h2-10,12-13H,11H2,1H3,(H,23,24). The van der Waals surface area contributed by atoms with Crippen LogP contribution in [0.4, 0.5) is 4.39 Å². The molecule has 1 N–H and O–H groups in total. The maximum atomic E-state index is 13.6. The number of carboxylic acids is 1. The van der Waals surface area contributed by atoms with Crippen molar-refractivity contribution < 1.29 is 23.8 Å². The molecule has 0 atom stereocenters. The van der Waals surface area contributed by atoms with Gasteiger partial charge in [-0.25, -0.2) is 4.39 Å². The molecule has 3 aromatic carbocycles. The fraction of sp³-hybridized carbons (Fsp3) is 0.0952. The zero-order valence-electron chi connectivity index (χ0n) is 14.1. The van der Waals surface area contributed by atoms with Crippen LogP contribution < -0.4 is 9.47 Å². The topological polar surface area (TPSA) is 55.8 Å². The highest BCUT2D eigenvalue weighted by Crippen LogP contribution is 2.30. The van der Waals surface area contributed by atoms with Gasteiger partial charge in [-0.15, -0.1) is 0 Å². The predicted molar refractivity (Wildman–Crippen MR) is 96.2 cm³/mol. The third kappa shape index (κ3) is 4.19. The summed E-state index contributed by atoms with van der Waals surface area (Å²) in [6.45, 7) is 0. The van der Waals surface area contributed by atoms with Crippen LogP contribution in [0.25, 0.3) is 11.1 Å². The molecule has 0 bridgehead atoms. The number of methoxy groups -OCH3 is 1. The van der Waals surface area contributed by atoms with E-state index in [1.165, 1.54) is 13.2 Å². The molecule has 0 aliphatic heterocycles. The van der Waals surface area contributed by atoms with Crippen LogP contribution in [0.2, 0.25) is 0 Å². The molecule has 0 amide bonds. The van der Waals surface area contributed by atoms with E-state index < -0.39 is 11.8 Å². The molecular weight excluding hydrogens is 335 g/mol. The number of ether oxygens (including phenoxy) is 2. The molecule has 0 aliphatic carbocycles. The van der Waals surface area contributed by atoms with Gasteiger partial charge in [-0.3, -0.25) is 4.79 Å². The molecule has 0 saturated heterocycles. The Balaban J connectivity index is 1.85. The van der Waals surface area contributed by atoms with E-state index >= 15 is 0 Å². The molecule has 3 rings (SSSR count). The summed E-state index contributed by atoms with van der Waals surface area (Å²) in [5.74, 6) is 0.0133. The molecule has 3 aromatic rings. The number of hydrogen-bond donors (Lipinski definition) is 1. The average molecular weight is 352 g/mol. The van der Waals surface area contributed by atoms with Crippen LogP contribution in [0, 0.1) is 5.82 Å². The molecule has 5 heteroatoms. The van der Waals surface area contributed by atoms with E-state index in [0.29, 0.717) is 17.1 Å². The molecule has 0 fully saturated rings. The molecule has 26 heavy (non-hydrogen) atoms. The number of benzene rings is 3. The number of carboxylic acid groups (broad SMARTS) is 1. The molecule has 0 saturated carbocycles. The second-order valence-corrected chi connectivity index (χ2v) is 5.70. The Morgan fingerprint density at radius 2 is 1.65 bits per heavy atom. The summed E-state index contributed by atoms with van der Waals surface area (Å²) in [6, 6.07) is 19.0. The Morgan fingerprint density at radius 1 is 0.962 bits per heavy atom. The Morgan fingerprint density at radius 3 is 2.38 bits per heavy atom. The van der Waals surface area contributed by atoms with Gasteiger partial charge in [-0.1, -0.05) is 30.3 Å². The number of aliphatic carboxylic acids is 1. The number of rotatable bonds is 6. The molecule has 0 radical (unpaired) electrons. The van der Waals surface area contributed by atoms with Crippen molar-refractivity contribution in [2.24, 2.45) is 0 Å². The van der Waals surface area contributed by atoms with E-state index in [4.69, 9.17) is 14.6 Å². The van der Waals surface area contributed by atoms with Gasteiger partial charge in [0.25, 0.3) is 0 Å². The monoisotopic (exact) mass is 352 g/mol. The van der Waals surface area contributed by atoms with Crippen molar-refractivity contribution in [3.05, 3.63) is 78.1 Å².